The topological polar surface area (TPSA) is 59.1 Å². The van der Waals surface area contributed by atoms with Crippen molar-refractivity contribution in [3.8, 4) is 5.75 Å². The van der Waals surface area contributed by atoms with Crippen LogP contribution in [0.5, 0.6) is 5.75 Å². The number of nitrogens with zero attached hydrogens (tertiary/aromatic N) is 2. The van der Waals surface area contributed by atoms with Gasteiger partial charge >= 0.3 is 0 Å². The number of likely N-dealkylation sites (tertiary alicyclic amines) is 1. The molecule has 0 saturated carbocycles. The molecule has 0 aliphatic carbocycles. The van der Waals surface area contributed by atoms with Crippen molar-refractivity contribution in [2.75, 3.05) is 33.4 Å². The van der Waals surface area contributed by atoms with E-state index in [2.05, 4.69) is 6.92 Å². The summed E-state index contributed by atoms with van der Waals surface area (Å²) in [7, 11) is 1.63. The van der Waals surface area contributed by atoms with Crippen molar-refractivity contribution in [2.24, 2.45) is 5.92 Å². The number of hydrogen-bond donors (Lipinski definition) is 0. The molecule has 0 bridgehead atoms. The highest BCUT2D eigenvalue weighted by Gasteiger charge is 2.45. The Balaban J connectivity index is 1.87. The predicted molar refractivity (Wildman–Crippen MR) is 102 cm³/mol. The Kier molecular flexibility index (Phi) is 6.37. The Morgan fingerprint density at radius 3 is 2.67 bits per heavy atom. The van der Waals surface area contributed by atoms with Gasteiger partial charge in [0.1, 0.15) is 5.75 Å². The van der Waals surface area contributed by atoms with Crippen molar-refractivity contribution in [2.45, 2.75) is 45.3 Å². The molecule has 0 N–H and O–H groups in total. The molecule has 6 nitrogen and oxygen atoms in total. The quantitative estimate of drug-likeness (QED) is 0.768. The van der Waals surface area contributed by atoms with E-state index in [0.29, 0.717) is 26.2 Å². The summed E-state index contributed by atoms with van der Waals surface area (Å²) in [5.41, 5.74) is 0.998. The molecule has 2 fully saturated rings. The zero-order valence-electron chi connectivity index (χ0n) is 16.5. The second kappa shape index (κ2) is 8.74. The zero-order valence-corrected chi connectivity index (χ0v) is 16.5. The van der Waals surface area contributed by atoms with Crippen LogP contribution >= 0.6 is 0 Å². The van der Waals surface area contributed by atoms with Crippen LogP contribution in [0.2, 0.25) is 0 Å². The fourth-order valence-electron chi connectivity index (χ4n) is 4.07. The summed E-state index contributed by atoms with van der Waals surface area (Å²) < 4.78 is 10.8. The minimum Gasteiger partial charge on any atom is -0.497 e. The number of benzene rings is 1. The molecular formula is C21H30N2O4. The number of carbonyl (C=O) groups excluding carboxylic acids is 2. The summed E-state index contributed by atoms with van der Waals surface area (Å²) in [6.07, 6.45) is 2.27. The Labute approximate surface area is 161 Å². The number of unbranched alkanes of at least 4 members (excludes halogenated alkanes) is 1. The van der Waals surface area contributed by atoms with Gasteiger partial charge in [-0.2, -0.15) is 0 Å². The average Bonchev–Trinajstić information content (AvgIpc) is 3.02. The van der Waals surface area contributed by atoms with Crippen LogP contribution in [0.1, 0.15) is 44.7 Å². The Hall–Kier alpha value is -2.08. The molecule has 148 valence electrons. The van der Waals surface area contributed by atoms with Crippen molar-refractivity contribution in [1.29, 1.82) is 0 Å². The monoisotopic (exact) mass is 374 g/mol. The minimum atomic E-state index is -0.340. The van der Waals surface area contributed by atoms with Gasteiger partial charge in [-0.1, -0.05) is 25.5 Å². The normalized spacial score (nSPS) is 25.7. The summed E-state index contributed by atoms with van der Waals surface area (Å²) >= 11 is 0. The first-order valence-electron chi connectivity index (χ1n) is 9.89. The van der Waals surface area contributed by atoms with Gasteiger partial charge in [-0.05, 0) is 31.0 Å². The lowest BCUT2D eigenvalue weighted by Crippen LogP contribution is -2.47. The number of amides is 2. The van der Waals surface area contributed by atoms with E-state index in [1.54, 1.807) is 7.11 Å². The molecule has 2 heterocycles. The fraction of sp³-hybridized carbons (Fsp3) is 0.619. The second-order valence-corrected chi connectivity index (χ2v) is 7.43. The van der Waals surface area contributed by atoms with E-state index < -0.39 is 0 Å². The first-order chi connectivity index (χ1) is 13.0. The summed E-state index contributed by atoms with van der Waals surface area (Å²) in [6.45, 7) is 6.52. The van der Waals surface area contributed by atoms with Crippen LogP contribution in [-0.2, 0) is 14.3 Å². The smallest absolute Gasteiger partial charge is 0.228 e. The van der Waals surface area contributed by atoms with Crippen LogP contribution in [0.15, 0.2) is 24.3 Å². The highest BCUT2D eigenvalue weighted by atomic mass is 16.5. The second-order valence-electron chi connectivity index (χ2n) is 7.43. The van der Waals surface area contributed by atoms with Gasteiger partial charge in [0.25, 0.3) is 0 Å². The summed E-state index contributed by atoms with van der Waals surface area (Å²) in [6, 6.07) is 7.54. The number of carbonyl (C=O) groups is 2. The maximum Gasteiger partial charge on any atom is 0.228 e. The van der Waals surface area contributed by atoms with E-state index in [9.17, 15) is 9.59 Å². The molecular weight excluding hydrogens is 344 g/mol. The van der Waals surface area contributed by atoms with Crippen molar-refractivity contribution in [3.05, 3.63) is 29.8 Å². The summed E-state index contributed by atoms with van der Waals surface area (Å²) in [5, 5.41) is 0. The Bertz CT molecular complexity index is 661. The first-order valence-corrected chi connectivity index (χ1v) is 9.89. The molecule has 0 radical (unpaired) electrons. The first kappa shape index (κ1) is 19.7. The van der Waals surface area contributed by atoms with Crippen molar-refractivity contribution < 1.29 is 19.1 Å². The van der Waals surface area contributed by atoms with Gasteiger partial charge in [-0.25, -0.2) is 0 Å². The van der Waals surface area contributed by atoms with Crippen LogP contribution in [-0.4, -0.2) is 61.1 Å². The van der Waals surface area contributed by atoms with Gasteiger partial charge < -0.3 is 19.3 Å². The fourth-order valence-corrected chi connectivity index (χ4v) is 4.07. The SMILES string of the molecule is CCCCN1C(=O)CC(C(=O)N2CCOC(C)C2)C1c1ccc(OC)cc1. The summed E-state index contributed by atoms with van der Waals surface area (Å²) in [4.78, 5) is 29.8. The molecule has 2 aliphatic rings. The predicted octanol–water partition coefficient (Wildman–Crippen LogP) is 2.63. The number of hydrogen-bond acceptors (Lipinski definition) is 4. The van der Waals surface area contributed by atoms with Crippen LogP contribution in [0, 0.1) is 5.92 Å². The lowest BCUT2D eigenvalue weighted by molar-refractivity contribution is -0.143. The lowest BCUT2D eigenvalue weighted by Gasteiger charge is -2.35. The highest BCUT2D eigenvalue weighted by molar-refractivity contribution is 5.90. The van der Waals surface area contributed by atoms with Crippen LogP contribution in [0.4, 0.5) is 0 Å². The Morgan fingerprint density at radius 1 is 1.30 bits per heavy atom. The van der Waals surface area contributed by atoms with Crippen LogP contribution < -0.4 is 4.74 Å². The van der Waals surface area contributed by atoms with E-state index in [-0.39, 0.29) is 36.3 Å². The van der Waals surface area contributed by atoms with Gasteiger partial charge in [-0.15, -0.1) is 0 Å². The van der Waals surface area contributed by atoms with E-state index in [1.165, 1.54) is 0 Å². The number of methoxy groups -OCH3 is 1. The van der Waals surface area contributed by atoms with Crippen molar-refractivity contribution >= 4 is 11.8 Å². The van der Waals surface area contributed by atoms with Crippen LogP contribution in [0.25, 0.3) is 0 Å². The molecule has 2 saturated heterocycles. The highest BCUT2D eigenvalue weighted by Crippen LogP contribution is 2.40. The van der Waals surface area contributed by atoms with Gasteiger partial charge in [-0.3, -0.25) is 9.59 Å². The average molecular weight is 374 g/mol. The van der Waals surface area contributed by atoms with Gasteiger partial charge in [0.05, 0.1) is 31.8 Å². The van der Waals surface area contributed by atoms with Gasteiger partial charge in [0.2, 0.25) is 11.8 Å². The molecule has 1 aromatic rings. The van der Waals surface area contributed by atoms with E-state index in [1.807, 2.05) is 41.0 Å². The van der Waals surface area contributed by atoms with Crippen LogP contribution in [0.3, 0.4) is 0 Å². The van der Waals surface area contributed by atoms with E-state index >= 15 is 0 Å². The number of rotatable bonds is 6. The molecule has 3 rings (SSSR count). The maximum atomic E-state index is 13.3. The number of morpholine rings is 1. The molecule has 2 aliphatic heterocycles. The molecule has 2 amide bonds. The molecule has 3 unspecified atom stereocenters. The molecule has 27 heavy (non-hydrogen) atoms. The molecule has 0 spiro atoms. The number of ether oxygens (including phenoxy) is 2. The molecule has 1 aromatic carbocycles. The molecule has 3 atom stereocenters. The molecule has 0 aromatic heterocycles. The van der Waals surface area contributed by atoms with Gasteiger partial charge in [0, 0.05) is 26.1 Å². The third-order valence-electron chi connectivity index (χ3n) is 5.51. The standard InChI is InChI=1S/C21H30N2O4/c1-4-5-10-23-19(24)13-18(21(25)22-11-12-27-15(2)14-22)20(23)16-6-8-17(26-3)9-7-16/h6-9,15,18,20H,4-5,10-14H2,1-3H3. The van der Waals surface area contributed by atoms with E-state index in [0.717, 1.165) is 24.2 Å². The van der Waals surface area contributed by atoms with Crippen molar-refractivity contribution in [3.63, 3.8) is 0 Å². The third kappa shape index (κ3) is 4.26. The largest absolute Gasteiger partial charge is 0.497 e. The minimum absolute atomic E-state index is 0.0374. The summed E-state index contributed by atoms with van der Waals surface area (Å²) in [5.74, 6) is 0.573. The van der Waals surface area contributed by atoms with Crippen molar-refractivity contribution in [1.82, 2.24) is 9.80 Å². The third-order valence-corrected chi connectivity index (χ3v) is 5.51. The molecule has 6 heteroatoms. The van der Waals surface area contributed by atoms with Gasteiger partial charge in [0.15, 0.2) is 0 Å². The lowest BCUT2D eigenvalue weighted by atomic mass is 9.91. The zero-order chi connectivity index (χ0) is 19.4. The maximum absolute atomic E-state index is 13.3. The van der Waals surface area contributed by atoms with E-state index in [4.69, 9.17) is 9.47 Å². The Morgan fingerprint density at radius 2 is 2.04 bits per heavy atom.